The molecular weight excluding hydrogens is 186 g/mol. The fraction of sp³-hybridized carbons (Fsp3) is 0.125. The zero-order chi connectivity index (χ0) is 9.14. The van der Waals surface area contributed by atoms with Crippen LogP contribution in [0.2, 0.25) is 0 Å². The number of rotatable bonds is 2. The first kappa shape index (κ1) is 9.13. The molecule has 1 aromatic rings. The van der Waals surface area contributed by atoms with Crippen LogP contribution >= 0.6 is 11.6 Å². The molecule has 0 radical (unpaired) electrons. The molecule has 0 unspecified atom stereocenters. The van der Waals surface area contributed by atoms with E-state index in [4.69, 9.17) is 11.6 Å². The summed E-state index contributed by atoms with van der Waals surface area (Å²) in [6, 6.07) is 3.39. The van der Waals surface area contributed by atoms with Crippen molar-refractivity contribution in [1.29, 1.82) is 0 Å². The molecule has 1 aromatic carbocycles. The highest BCUT2D eigenvalue weighted by molar-refractivity contribution is 6.63. The molecule has 64 valence electrons. The SMILES string of the molecule is O=C(Cl)Cc1c(F)cccc1F. The summed E-state index contributed by atoms with van der Waals surface area (Å²) in [5, 5.41) is -0.779. The normalized spacial score (nSPS) is 9.92. The lowest BCUT2D eigenvalue weighted by atomic mass is 10.1. The maximum atomic E-state index is 12.8. The van der Waals surface area contributed by atoms with Crippen LogP contribution in [0.4, 0.5) is 8.78 Å². The second-order valence-electron chi connectivity index (χ2n) is 2.23. The Kier molecular flexibility index (Phi) is 2.76. The Morgan fingerprint density at radius 3 is 2.25 bits per heavy atom. The zero-order valence-corrected chi connectivity index (χ0v) is 6.74. The second kappa shape index (κ2) is 3.63. The van der Waals surface area contributed by atoms with Crippen molar-refractivity contribution < 1.29 is 13.6 Å². The standard InChI is InChI=1S/C8H5ClF2O/c9-8(12)4-5-6(10)2-1-3-7(5)11/h1-3H,4H2. The lowest BCUT2D eigenvalue weighted by Gasteiger charge is -1.99. The molecule has 0 aliphatic heterocycles. The maximum absolute atomic E-state index is 12.8. The van der Waals surface area contributed by atoms with Crippen LogP contribution in [-0.4, -0.2) is 5.24 Å². The van der Waals surface area contributed by atoms with Crippen LogP contribution in [0.15, 0.2) is 18.2 Å². The molecule has 0 heterocycles. The lowest BCUT2D eigenvalue weighted by Crippen LogP contribution is -2.00. The Bertz CT molecular complexity index is 292. The van der Waals surface area contributed by atoms with Crippen molar-refractivity contribution in [3.63, 3.8) is 0 Å². The van der Waals surface area contributed by atoms with E-state index in [1.165, 1.54) is 6.07 Å². The van der Waals surface area contributed by atoms with Crippen molar-refractivity contribution in [3.05, 3.63) is 35.4 Å². The minimum Gasteiger partial charge on any atom is -0.281 e. The minimum atomic E-state index is -0.779. The highest BCUT2D eigenvalue weighted by Gasteiger charge is 2.10. The van der Waals surface area contributed by atoms with Crippen LogP contribution < -0.4 is 0 Å². The molecule has 0 fully saturated rings. The van der Waals surface area contributed by atoms with Crippen LogP contribution in [0, 0.1) is 11.6 Å². The predicted molar refractivity (Wildman–Crippen MR) is 40.9 cm³/mol. The lowest BCUT2D eigenvalue weighted by molar-refractivity contribution is -0.111. The Balaban J connectivity index is 3.04. The van der Waals surface area contributed by atoms with Gasteiger partial charge in [-0.25, -0.2) is 8.78 Å². The average molecular weight is 191 g/mol. The van der Waals surface area contributed by atoms with Gasteiger partial charge in [0, 0.05) is 5.56 Å². The quantitative estimate of drug-likeness (QED) is 0.654. The van der Waals surface area contributed by atoms with Gasteiger partial charge >= 0.3 is 0 Å². The predicted octanol–water partition coefficient (Wildman–Crippen LogP) is 2.27. The minimum absolute atomic E-state index is 0.280. The summed E-state index contributed by atoms with van der Waals surface area (Å²) >= 11 is 4.98. The van der Waals surface area contributed by atoms with Crippen molar-refractivity contribution in [1.82, 2.24) is 0 Å². The largest absolute Gasteiger partial charge is 0.281 e. The van der Waals surface area contributed by atoms with Crippen molar-refractivity contribution in [3.8, 4) is 0 Å². The van der Waals surface area contributed by atoms with Gasteiger partial charge in [-0.15, -0.1) is 0 Å². The number of halogens is 3. The monoisotopic (exact) mass is 190 g/mol. The van der Waals surface area contributed by atoms with E-state index in [0.717, 1.165) is 12.1 Å². The average Bonchev–Trinajstić information content (AvgIpc) is 1.97. The smallest absolute Gasteiger partial charge is 0.226 e. The van der Waals surface area contributed by atoms with Crippen molar-refractivity contribution in [2.45, 2.75) is 6.42 Å². The molecule has 0 aliphatic rings. The Morgan fingerprint density at radius 2 is 1.83 bits per heavy atom. The third-order valence-corrected chi connectivity index (χ3v) is 1.51. The topological polar surface area (TPSA) is 17.1 Å². The highest BCUT2D eigenvalue weighted by Crippen LogP contribution is 2.13. The Hall–Kier alpha value is -0.960. The number of carbonyl (C=O) groups is 1. The number of benzene rings is 1. The number of hydrogen-bond donors (Lipinski definition) is 0. The van der Waals surface area contributed by atoms with Gasteiger partial charge in [-0.1, -0.05) is 6.07 Å². The van der Waals surface area contributed by atoms with Gasteiger partial charge in [0.05, 0.1) is 6.42 Å². The summed E-state index contributed by atoms with van der Waals surface area (Å²) in [4.78, 5) is 10.3. The molecule has 0 bridgehead atoms. The summed E-state index contributed by atoms with van der Waals surface area (Å²) in [7, 11) is 0. The maximum Gasteiger partial charge on any atom is 0.226 e. The third kappa shape index (κ3) is 2.01. The van der Waals surface area contributed by atoms with E-state index in [1.807, 2.05) is 0 Å². The fourth-order valence-electron chi connectivity index (χ4n) is 0.840. The zero-order valence-electron chi connectivity index (χ0n) is 5.98. The van der Waals surface area contributed by atoms with Crippen LogP contribution in [0.5, 0.6) is 0 Å². The molecule has 0 spiro atoms. The Labute approximate surface area is 73.0 Å². The molecule has 0 atom stereocenters. The molecule has 12 heavy (non-hydrogen) atoms. The van der Waals surface area contributed by atoms with E-state index >= 15 is 0 Å². The summed E-state index contributed by atoms with van der Waals surface area (Å²) < 4.78 is 25.5. The van der Waals surface area contributed by atoms with E-state index in [2.05, 4.69) is 0 Å². The van der Waals surface area contributed by atoms with Gasteiger partial charge in [0.15, 0.2) is 0 Å². The first-order valence-corrected chi connectivity index (χ1v) is 3.60. The molecule has 0 saturated heterocycles. The van der Waals surface area contributed by atoms with E-state index in [-0.39, 0.29) is 5.56 Å². The van der Waals surface area contributed by atoms with Gasteiger partial charge in [0.2, 0.25) is 5.24 Å². The van der Waals surface area contributed by atoms with Crippen LogP contribution in [-0.2, 0) is 11.2 Å². The van der Waals surface area contributed by atoms with E-state index in [9.17, 15) is 13.6 Å². The van der Waals surface area contributed by atoms with Crippen LogP contribution in [0.1, 0.15) is 5.56 Å². The fourth-order valence-corrected chi connectivity index (χ4v) is 0.974. The molecule has 0 saturated carbocycles. The highest BCUT2D eigenvalue weighted by atomic mass is 35.5. The van der Waals surface area contributed by atoms with Crippen LogP contribution in [0.3, 0.4) is 0 Å². The van der Waals surface area contributed by atoms with Gasteiger partial charge in [-0.05, 0) is 23.7 Å². The number of carbonyl (C=O) groups excluding carboxylic acids is 1. The second-order valence-corrected chi connectivity index (χ2v) is 2.65. The molecule has 4 heteroatoms. The van der Waals surface area contributed by atoms with Crippen molar-refractivity contribution in [2.24, 2.45) is 0 Å². The third-order valence-electron chi connectivity index (χ3n) is 1.38. The van der Waals surface area contributed by atoms with Crippen molar-refractivity contribution in [2.75, 3.05) is 0 Å². The number of hydrogen-bond acceptors (Lipinski definition) is 1. The first-order chi connectivity index (χ1) is 5.61. The van der Waals surface area contributed by atoms with Gasteiger partial charge in [-0.3, -0.25) is 4.79 Å². The molecule has 1 rings (SSSR count). The van der Waals surface area contributed by atoms with Gasteiger partial charge in [-0.2, -0.15) is 0 Å². The summed E-state index contributed by atoms with van der Waals surface area (Å²) in [5.41, 5.74) is -0.280. The van der Waals surface area contributed by atoms with E-state index < -0.39 is 23.3 Å². The summed E-state index contributed by atoms with van der Waals surface area (Å²) in [6.07, 6.45) is -0.417. The van der Waals surface area contributed by atoms with E-state index in [1.54, 1.807) is 0 Å². The molecule has 1 nitrogen and oxygen atoms in total. The van der Waals surface area contributed by atoms with Gasteiger partial charge < -0.3 is 0 Å². The first-order valence-electron chi connectivity index (χ1n) is 3.22. The van der Waals surface area contributed by atoms with E-state index in [0.29, 0.717) is 0 Å². The van der Waals surface area contributed by atoms with Crippen LogP contribution in [0.25, 0.3) is 0 Å². The molecule has 0 amide bonds. The molecule has 0 aromatic heterocycles. The van der Waals surface area contributed by atoms with Gasteiger partial charge in [0.1, 0.15) is 11.6 Å². The summed E-state index contributed by atoms with van der Waals surface area (Å²) in [5.74, 6) is -1.49. The summed E-state index contributed by atoms with van der Waals surface area (Å²) in [6.45, 7) is 0. The molecule has 0 aliphatic carbocycles. The van der Waals surface area contributed by atoms with Crippen molar-refractivity contribution >= 4 is 16.8 Å². The molecule has 0 N–H and O–H groups in total. The van der Waals surface area contributed by atoms with Gasteiger partial charge in [0.25, 0.3) is 0 Å². The Morgan fingerprint density at radius 1 is 1.33 bits per heavy atom. The molecular formula is C8H5ClF2O.